The minimum atomic E-state index is -0.567. The summed E-state index contributed by atoms with van der Waals surface area (Å²) in [7, 11) is 3.28. The SMILES string of the molecule is COCO[C@H]1C=C2c3[13cH]c([C@H]4COC(C)(C)O4)c[13cH]c3[C@@H]3O[C@]23[C@@H]1OCc1ccc(OC)cc1. The standard InChI is InChI=1S/C27H30O7/c1-26(2)32-14-23(33-26)17-7-10-19-20(11-17)21-12-22(31-15-28-3)25(27(21)24(19)34-27)30-13-16-5-8-18(29-4)9-6-16/h5-12,22-25H,13-15H2,1-4H3/t22-,23+,24-,25+,27+/m0/s1/i10+1,11+1. The van der Waals surface area contributed by atoms with E-state index in [1.165, 1.54) is 11.1 Å². The molecular weight excluding hydrogens is 438 g/mol. The van der Waals surface area contributed by atoms with Gasteiger partial charge in [-0.15, -0.1) is 0 Å². The van der Waals surface area contributed by atoms with Crippen molar-refractivity contribution in [2.75, 3.05) is 27.6 Å². The average Bonchev–Trinajstić information content (AvgIpc) is 3.21. The van der Waals surface area contributed by atoms with Crippen molar-refractivity contribution in [2.24, 2.45) is 0 Å². The van der Waals surface area contributed by atoms with Crippen molar-refractivity contribution in [3.63, 3.8) is 0 Å². The van der Waals surface area contributed by atoms with E-state index in [-0.39, 0.29) is 31.2 Å². The molecule has 0 aromatic heterocycles. The number of hydrogen-bond donors (Lipinski definition) is 0. The van der Waals surface area contributed by atoms with Gasteiger partial charge in [0.2, 0.25) is 0 Å². The molecule has 0 N–H and O–H groups in total. The Morgan fingerprint density at radius 1 is 1.00 bits per heavy atom. The molecule has 4 aliphatic rings. The zero-order valence-corrected chi connectivity index (χ0v) is 19.9. The lowest BCUT2D eigenvalue weighted by molar-refractivity contribution is -0.139. The van der Waals surface area contributed by atoms with E-state index in [1.807, 2.05) is 38.1 Å². The molecule has 1 spiro atoms. The molecule has 0 amide bonds. The van der Waals surface area contributed by atoms with E-state index in [0.717, 1.165) is 22.4 Å². The maximum Gasteiger partial charge on any atom is 0.163 e. The zero-order valence-electron chi connectivity index (χ0n) is 19.9. The van der Waals surface area contributed by atoms with Gasteiger partial charge in [0.25, 0.3) is 0 Å². The molecule has 6 rings (SSSR count). The fourth-order valence-electron chi connectivity index (χ4n) is 5.45. The maximum atomic E-state index is 6.48. The summed E-state index contributed by atoms with van der Waals surface area (Å²) in [5.41, 5.74) is 5.16. The summed E-state index contributed by atoms with van der Waals surface area (Å²) in [6, 6.07) is 14.4. The van der Waals surface area contributed by atoms with Gasteiger partial charge in [0.05, 0.1) is 20.3 Å². The van der Waals surface area contributed by atoms with Gasteiger partial charge in [-0.1, -0.05) is 24.3 Å². The molecule has 0 bridgehead atoms. The third-order valence-electron chi connectivity index (χ3n) is 7.12. The molecule has 180 valence electrons. The van der Waals surface area contributed by atoms with Gasteiger partial charge in [-0.25, -0.2) is 0 Å². The summed E-state index contributed by atoms with van der Waals surface area (Å²) in [5.74, 6) is 0.253. The highest BCUT2D eigenvalue weighted by Crippen LogP contribution is 2.69. The Morgan fingerprint density at radius 2 is 1.82 bits per heavy atom. The molecule has 0 unspecified atom stereocenters. The van der Waals surface area contributed by atoms with Crippen LogP contribution in [0.1, 0.15) is 48.3 Å². The van der Waals surface area contributed by atoms with Crippen molar-refractivity contribution in [1.82, 2.24) is 0 Å². The van der Waals surface area contributed by atoms with E-state index in [2.05, 4.69) is 24.3 Å². The van der Waals surface area contributed by atoms with Gasteiger partial charge in [0.15, 0.2) is 11.4 Å². The van der Waals surface area contributed by atoms with E-state index in [0.29, 0.717) is 13.2 Å². The molecule has 7 heteroatoms. The Morgan fingerprint density at radius 3 is 2.53 bits per heavy atom. The minimum Gasteiger partial charge on any atom is -0.497 e. The van der Waals surface area contributed by atoms with Crippen LogP contribution < -0.4 is 4.74 Å². The smallest absolute Gasteiger partial charge is 0.163 e. The second kappa shape index (κ2) is 8.16. The minimum absolute atomic E-state index is 0.0306. The first-order valence-corrected chi connectivity index (χ1v) is 11.7. The molecule has 0 saturated carbocycles. The Kier molecular flexibility index (Phi) is 5.33. The Hall–Kier alpha value is -2.26. The number of methoxy groups -OCH3 is 2. The second-order valence-electron chi connectivity index (χ2n) is 9.65. The topological polar surface area (TPSA) is 67.9 Å². The fourth-order valence-corrected chi connectivity index (χ4v) is 5.45. The molecular formula is C27H30O7. The summed E-state index contributed by atoms with van der Waals surface area (Å²) in [6.45, 7) is 5.07. The normalized spacial score (nSPS) is 32.2. The van der Waals surface area contributed by atoms with Crippen molar-refractivity contribution < 1.29 is 33.2 Å². The predicted octanol–water partition coefficient (Wildman–Crippen LogP) is 4.31. The van der Waals surface area contributed by atoms with Crippen LogP contribution in [-0.2, 0) is 35.0 Å². The van der Waals surface area contributed by atoms with Gasteiger partial charge in [-0.05, 0) is 65.9 Å². The van der Waals surface area contributed by atoms with Crippen LogP contribution in [0.15, 0.2) is 48.5 Å². The average molecular weight is 469 g/mol. The number of ether oxygens (including phenoxy) is 7. The highest BCUT2D eigenvalue weighted by Gasteiger charge is 2.74. The van der Waals surface area contributed by atoms with E-state index < -0.39 is 11.4 Å². The molecule has 5 atom stereocenters. The van der Waals surface area contributed by atoms with Gasteiger partial charge in [0.1, 0.15) is 37.0 Å². The van der Waals surface area contributed by atoms with Crippen LogP contribution in [0.25, 0.3) is 5.57 Å². The van der Waals surface area contributed by atoms with E-state index in [4.69, 9.17) is 33.2 Å². The van der Waals surface area contributed by atoms with E-state index in [1.54, 1.807) is 14.2 Å². The van der Waals surface area contributed by atoms with Gasteiger partial charge in [-0.2, -0.15) is 0 Å². The van der Waals surface area contributed by atoms with Crippen LogP contribution in [0.3, 0.4) is 0 Å². The molecule has 34 heavy (non-hydrogen) atoms. The molecule has 2 saturated heterocycles. The first kappa shape index (κ1) is 22.2. The van der Waals surface area contributed by atoms with Crippen LogP contribution in [0.5, 0.6) is 5.75 Å². The molecule has 7 nitrogen and oxygen atoms in total. The third kappa shape index (κ3) is 3.50. The van der Waals surface area contributed by atoms with Crippen LogP contribution in [0, 0.1) is 0 Å². The Bertz CT molecular complexity index is 1110. The Balaban J connectivity index is 1.26. The van der Waals surface area contributed by atoms with E-state index >= 15 is 0 Å². The third-order valence-corrected chi connectivity index (χ3v) is 7.12. The van der Waals surface area contributed by atoms with Gasteiger partial charge < -0.3 is 33.2 Å². The quantitative estimate of drug-likeness (QED) is 0.422. The van der Waals surface area contributed by atoms with Crippen molar-refractivity contribution in [2.45, 2.75) is 56.3 Å². The number of rotatable bonds is 8. The highest BCUT2D eigenvalue weighted by molar-refractivity contribution is 5.87. The molecule has 2 aromatic carbocycles. The zero-order chi connectivity index (χ0) is 23.5. The molecule has 2 heterocycles. The van der Waals surface area contributed by atoms with Crippen molar-refractivity contribution >= 4 is 5.57 Å². The maximum absolute atomic E-state index is 6.48. The van der Waals surface area contributed by atoms with Crippen molar-refractivity contribution in [3.8, 4) is 5.75 Å². The summed E-state index contributed by atoms with van der Waals surface area (Å²) in [5, 5.41) is 0. The summed E-state index contributed by atoms with van der Waals surface area (Å²) >= 11 is 0. The highest BCUT2D eigenvalue weighted by atomic mass is 16.7. The molecule has 0 radical (unpaired) electrons. The van der Waals surface area contributed by atoms with Crippen LogP contribution in [-0.4, -0.2) is 51.2 Å². The lowest BCUT2D eigenvalue weighted by atomic mass is 9.99. The lowest BCUT2D eigenvalue weighted by Crippen LogP contribution is -2.38. The molecule has 2 aromatic rings. The largest absolute Gasteiger partial charge is 0.497 e. The lowest BCUT2D eigenvalue weighted by Gasteiger charge is -2.24. The monoisotopic (exact) mass is 468 g/mol. The first-order chi connectivity index (χ1) is 16.4. The number of fused-ring (bicyclic) bond motifs is 3. The summed E-state index contributed by atoms with van der Waals surface area (Å²) in [6.07, 6.45) is 1.49. The summed E-state index contributed by atoms with van der Waals surface area (Å²) < 4.78 is 41.2. The van der Waals surface area contributed by atoms with Gasteiger partial charge >= 0.3 is 0 Å². The van der Waals surface area contributed by atoms with Crippen LogP contribution >= 0.6 is 0 Å². The summed E-state index contributed by atoms with van der Waals surface area (Å²) in [4.78, 5) is 0. The first-order valence-electron chi connectivity index (χ1n) is 11.7. The Labute approximate surface area is 199 Å². The number of hydrogen-bond acceptors (Lipinski definition) is 7. The van der Waals surface area contributed by atoms with Crippen molar-refractivity contribution in [1.29, 1.82) is 0 Å². The second-order valence-corrected chi connectivity index (χ2v) is 9.65. The molecule has 2 fully saturated rings. The van der Waals surface area contributed by atoms with E-state index in [9.17, 15) is 0 Å². The van der Waals surface area contributed by atoms with Crippen molar-refractivity contribution in [3.05, 3.63) is 70.8 Å². The van der Waals surface area contributed by atoms with Crippen LogP contribution in [0.2, 0.25) is 0 Å². The number of benzene rings is 2. The number of epoxide rings is 1. The van der Waals surface area contributed by atoms with Gasteiger partial charge in [0, 0.05) is 7.11 Å². The molecule has 2 aliphatic carbocycles. The molecule has 2 aliphatic heterocycles. The fraction of sp³-hybridized carbons (Fsp3) is 0.481. The predicted molar refractivity (Wildman–Crippen MR) is 123 cm³/mol. The van der Waals surface area contributed by atoms with Crippen LogP contribution in [0.4, 0.5) is 0 Å². The van der Waals surface area contributed by atoms with Gasteiger partial charge in [-0.3, -0.25) is 0 Å².